The molecule has 0 bridgehead atoms. The molecule has 0 N–H and O–H groups in total. The van der Waals surface area contributed by atoms with Gasteiger partial charge >= 0.3 is 41.9 Å². The summed E-state index contributed by atoms with van der Waals surface area (Å²) in [6.45, 7) is 2.28. The molecule has 1 nitrogen and oxygen atoms in total. The Hall–Kier alpha value is -1.79. The van der Waals surface area contributed by atoms with E-state index in [0.717, 1.165) is 0 Å². The van der Waals surface area contributed by atoms with Crippen LogP contribution in [0.4, 0.5) is 83.4 Å². The van der Waals surface area contributed by atoms with Gasteiger partial charge in [-0.05, 0) is 0 Å². The summed E-state index contributed by atoms with van der Waals surface area (Å²) >= 11 is 0. The van der Waals surface area contributed by atoms with Crippen LogP contribution in [0.1, 0.15) is 0 Å². The van der Waals surface area contributed by atoms with Crippen molar-refractivity contribution in [3.63, 3.8) is 0 Å². The predicted molar refractivity (Wildman–Crippen MR) is 71.4 cm³/mol. The summed E-state index contributed by atoms with van der Waals surface area (Å²) < 4.78 is 253. The minimum Gasteiger partial charge on any atom is -0.463 e. The van der Waals surface area contributed by atoms with E-state index in [0.29, 0.717) is 0 Å². The van der Waals surface area contributed by atoms with Gasteiger partial charge in [0.25, 0.3) is 6.43 Å². The van der Waals surface area contributed by atoms with Crippen LogP contribution >= 0.6 is 0 Å². The SMILES string of the molecule is C=COC(F)C(F)(F)C(F)(F)C(F)(F)C(F)(F)C(F)(F)C(F)(F)C(F)C(F)C(F)C(F)C(F)F. The van der Waals surface area contributed by atoms with Crippen molar-refractivity contribution in [1.82, 2.24) is 0 Å². The van der Waals surface area contributed by atoms with Gasteiger partial charge in [-0.1, -0.05) is 6.58 Å². The van der Waals surface area contributed by atoms with Crippen molar-refractivity contribution < 1.29 is 88.2 Å². The molecule has 0 aliphatic carbocycles. The van der Waals surface area contributed by atoms with E-state index in [1.807, 2.05) is 0 Å². The molecule has 0 aromatic rings. The molecule has 20 heteroatoms. The van der Waals surface area contributed by atoms with Gasteiger partial charge < -0.3 is 4.74 Å². The maximum Gasteiger partial charge on any atom is 0.385 e. The van der Waals surface area contributed by atoms with Crippen LogP contribution in [0.25, 0.3) is 0 Å². The average Bonchev–Trinajstić information content (AvgIpc) is 2.70. The molecule has 34 heavy (non-hydrogen) atoms. The number of hydrogen-bond donors (Lipinski definition) is 0. The molecule has 0 rings (SSSR count). The molecule has 0 fully saturated rings. The van der Waals surface area contributed by atoms with E-state index in [4.69, 9.17) is 0 Å². The van der Waals surface area contributed by atoms with E-state index in [-0.39, 0.29) is 0 Å². The highest BCUT2D eigenvalue weighted by Crippen LogP contribution is 2.61. The zero-order valence-corrected chi connectivity index (χ0v) is 15.3. The fourth-order valence-corrected chi connectivity index (χ4v) is 1.97. The quantitative estimate of drug-likeness (QED) is 0.179. The summed E-state index contributed by atoms with van der Waals surface area (Å²) in [7, 11) is 0. The Morgan fingerprint density at radius 1 is 0.500 bits per heavy atom. The van der Waals surface area contributed by atoms with Gasteiger partial charge in [-0.25, -0.2) is 26.3 Å². The van der Waals surface area contributed by atoms with Gasteiger partial charge in [0.1, 0.15) is 0 Å². The lowest BCUT2D eigenvalue weighted by molar-refractivity contribution is -0.439. The fraction of sp³-hybridized carbons (Fsp3) is 0.857. The van der Waals surface area contributed by atoms with Crippen LogP contribution in [-0.4, -0.2) is 73.0 Å². The highest BCUT2D eigenvalue weighted by atomic mass is 19.4. The second-order valence-corrected chi connectivity index (χ2v) is 6.23. The Kier molecular flexibility index (Phi) is 9.18. The number of rotatable bonds is 13. The third kappa shape index (κ3) is 4.68. The van der Waals surface area contributed by atoms with Gasteiger partial charge in [0, 0.05) is 0 Å². The smallest absolute Gasteiger partial charge is 0.385 e. The molecule has 5 atom stereocenters. The summed E-state index contributed by atoms with van der Waals surface area (Å²) in [6.07, 6.45) is -30.7. The lowest BCUT2D eigenvalue weighted by Gasteiger charge is -2.42. The van der Waals surface area contributed by atoms with E-state index in [1.54, 1.807) is 0 Å². The molecule has 0 saturated heterocycles. The van der Waals surface area contributed by atoms with E-state index in [2.05, 4.69) is 11.3 Å². The first-order chi connectivity index (χ1) is 14.8. The summed E-state index contributed by atoms with van der Waals surface area (Å²) in [5.41, 5.74) is 0. The second kappa shape index (κ2) is 9.69. The van der Waals surface area contributed by atoms with Crippen LogP contribution in [0.5, 0.6) is 0 Å². The van der Waals surface area contributed by atoms with E-state index in [1.165, 1.54) is 0 Å². The fourth-order valence-electron chi connectivity index (χ4n) is 1.97. The molecule has 0 radical (unpaired) electrons. The summed E-state index contributed by atoms with van der Waals surface area (Å²) in [6, 6.07) is 0. The lowest BCUT2D eigenvalue weighted by atomic mass is 9.88. The predicted octanol–water partition coefficient (Wildman–Crippen LogP) is 6.87. The second-order valence-electron chi connectivity index (χ2n) is 6.23. The summed E-state index contributed by atoms with van der Waals surface area (Å²) in [5, 5.41) is 0. The Morgan fingerprint density at radius 3 is 1.18 bits per heavy atom. The Labute approximate surface area is 175 Å². The van der Waals surface area contributed by atoms with Gasteiger partial charge in [0.15, 0.2) is 18.5 Å². The third-order valence-electron chi connectivity index (χ3n) is 4.00. The van der Waals surface area contributed by atoms with Crippen LogP contribution in [0.3, 0.4) is 0 Å². The molecular formula is C14H9F19O. The molecule has 0 aromatic heterocycles. The van der Waals surface area contributed by atoms with Gasteiger partial charge in [-0.2, -0.15) is 57.1 Å². The summed E-state index contributed by atoms with van der Waals surface area (Å²) in [5.74, 6) is -48.3. The molecule has 0 heterocycles. The topological polar surface area (TPSA) is 9.23 Å². The van der Waals surface area contributed by atoms with Crippen LogP contribution in [0.2, 0.25) is 0 Å². The molecule has 0 spiro atoms. The van der Waals surface area contributed by atoms with Gasteiger partial charge in [-0.15, -0.1) is 0 Å². The number of ether oxygens (including phenoxy) is 1. The zero-order chi connectivity index (χ0) is 27.9. The first-order valence-electron chi connectivity index (χ1n) is 7.84. The average molecular weight is 554 g/mol. The molecule has 204 valence electrons. The normalized spacial score (nSPS) is 19.4. The van der Waals surface area contributed by atoms with Crippen molar-refractivity contribution in [2.45, 2.75) is 73.0 Å². The first kappa shape index (κ1) is 32.2. The number of hydrogen-bond acceptors (Lipinski definition) is 1. The first-order valence-corrected chi connectivity index (χ1v) is 7.84. The van der Waals surface area contributed by atoms with Crippen LogP contribution in [-0.2, 0) is 4.74 Å². The van der Waals surface area contributed by atoms with Gasteiger partial charge in [-0.3, -0.25) is 0 Å². The van der Waals surface area contributed by atoms with E-state index >= 15 is 0 Å². The van der Waals surface area contributed by atoms with Gasteiger partial charge in [0.2, 0.25) is 6.17 Å². The maximum absolute atomic E-state index is 13.5. The standard InChI is InChI=1S/C14H9F19O/c1-2-34-8(21)10(24,25)12(28,29)14(32,33)13(30,31)11(26,27)9(22,23)6(18)4(16)3(15)5(17)7(19)20/h2-8H,1H2. The van der Waals surface area contributed by atoms with Crippen molar-refractivity contribution in [1.29, 1.82) is 0 Å². The molecule has 0 aromatic carbocycles. The molecule has 0 saturated carbocycles. The number of halogens is 19. The van der Waals surface area contributed by atoms with Crippen molar-refractivity contribution >= 4 is 0 Å². The highest BCUT2D eigenvalue weighted by Gasteiger charge is 2.92. The minimum atomic E-state index is -8.53. The monoisotopic (exact) mass is 554 g/mol. The van der Waals surface area contributed by atoms with Crippen LogP contribution in [0, 0.1) is 0 Å². The largest absolute Gasteiger partial charge is 0.463 e. The van der Waals surface area contributed by atoms with E-state index < -0.39 is 79.3 Å². The maximum atomic E-state index is 13.5. The third-order valence-corrected chi connectivity index (χ3v) is 4.00. The van der Waals surface area contributed by atoms with Crippen LogP contribution < -0.4 is 0 Å². The molecule has 0 aliphatic heterocycles. The molecule has 0 aliphatic rings. The Balaban J connectivity index is 6.50. The highest BCUT2D eigenvalue weighted by molar-refractivity contribution is 5.14. The lowest BCUT2D eigenvalue weighted by Crippen LogP contribution is -2.73. The van der Waals surface area contributed by atoms with E-state index in [9.17, 15) is 83.4 Å². The zero-order valence-electron chi connectivity index (χ0n) is 15.3. The van der Waals surface area contributed by atoms with Crippen molar-refractivity contribution in [3.05, 3.63) is 12.8 Å². The summed E-state index contributed by atoms with van der Waals surface area (Å²) in [4.78, 5) is 0. The molecule has 5 unspecified atom stereocenters. The van der Waals surface area contributed by atoms with Crippen molar-refractivity contribution in [2.24, 2.45) is 0 Å². The van der Waals surface area contributed by atoms with Crippen LogP contribution in [0.15, 0.2) is 12.8 Å². The number of alkyl halides is 19. The van der Waals surface area contributed by atoms with Gasteiger partial charge in [0.05, 0.1) is 6.26 Å². The van der Waals surface area contributed by atoms with Crippen molar-refractivity contribution in [3.8, 4) is 0 Å². The van der Waals surface area contributed by atoms with Crippen molar-refractivity contribution in [2.75, 3.05) is 0 Å². The molecular weight excluding hydrogens is 545 g/mol. The molecule has 0 amide bonds. The Morgan fingerprint density at radius 2 is 0.853 bits per heavy atom. The Bertz CT molecular complexity index is 690. The minimum absolute atomic E-state index is 0.492.